The molecule has 3 nitrogen and oxygen atoms in total. The van der Waals surface area contributed by atoms with Crippen molar-refractivity contribution >= 4 is 11.8 Å². The highest BCUT2D eigenvalue weighted by molar-refractivity contribution is 7.99. The first-order valence-electron chi connectivity index (χ1n) is 7.37. The van der Waals surface area contributed by atoms with Gasteiger partial charge in [0.25, 0.3) is 5.22 Å². The minimum atomic E-state index is 0.313. The van der Waals surface area contributed by atoms with Crippen LogP contribution in [0.25, 0.3) is 0 Å². The van der Waals surface area contributed by atoms with Gasteiger partial charge in [0.1, 0.15) is 6.26 Å². The monoisotopic (exact) mass is 304 g/mol. The van der Waals surface area contributed by atoms with Crippen molar-refractivity contribution in [2.75, 3.05) is 12.3 Å². The SMILES string of the molecule is CCNC(CSc1nc(C)co1)c1c(C)cc(C)cc1C. The molecule has 0 aliphatic rings. The van der Waals surface area contributed by atoms with Crippen molar-refractivity contribution in [3.05, 3.63) is 46.3 Å². The largest absolute Gasteiger partial charge is 0.440 e. The lowest BCUT2D eigenvalue weighted by atomic mass is 9.95. The zero-order chi connectivity index (χ0) is 15.4. The number of nitrogens with one attached hydrogen (secondary N) is 1. The van der Waals surface area contributed by atoms with Gasteiger partial charge in [0.05, 0.1) is 5.69 Å². The van der Waals surface area contributed by atoms with Crippen LogP contribution in [-0.4, -0.2) is 17.3 Å². The van der Waals surface area contributed by atoms with Gasteiger partial charge >= 0.3 is 0 Å². The molecule has 0 aliphatic carbocycles. The third-order valence-corrected chi connectivity index (χ3v) is 4.44. The van der Waals surface area contributed by atoms with Crippen molar-refractivity contribution in [3.63, 3.8) is 0 Å². The summed E-state index contributed by atoms with van der Waals surface area (Å²) < 4.78 is 5.43. The fourth-order valence-corrected chi connectivity index (χ4v) is 3.70. The van der Waals surface area contributed by atoms with Crippen LogP contribution in [0.3, 0.4) is 0 Å². The van der Waals surface area contributed by atoms with Crippen LogP contribution in [0.1, 0.15) is 40.9 Å². The summed E-state index contributed by atoms with van der Waals surface area (Å²) in [4.78, 5) is 4.36. The smallest absolute Gasteiger partial charge is 0.255 e. The van der Waals surface area contributed by atoms with Gasteiger partial charge in [-0.25, -0.2) is 4.98 Å². The van der Waals surface area contributed by atoms with E-state index >= 15 is 0 Å². The summed E-state index contributed by atoms with van der Waals surface area (Å²) in [5.74, 6) is 0.915. The maximum atomic E-state index is 5.43. The Hall–Kier alpha value is -1.26. The van der Waals surface area contributed by atoms with Gasteiger partial charge < -0.3 is 9.73 Å². The van der Waals surface area contributed by atoms with E-state index in [4.69, 9.17) is 4.42 Å². The highest BCUT2D eigenvalue weighted by Crippen LogP contribution is 2.29. The van der Waals surface area contributed by atoms with Gasteiger partial charge in [0.2, 0.25) is 0 Å². The number of oxazole rings is 1. The predicted octanol–water partition coefficient (Wildman–Crippen LogP) is 4.35. The average Bonchev–Trinajstić information content (AvgIpc) is 2.80. The van der Waals surface area contributed by atoms with Gasteiger partial charge in [-0.2, -0.15) is 0 Å². The molecule has 4 heteroatoms. The molecule has 1 atom stereocenters. The van der Waals surface area contributed by atoms with Crippen LogP contribution in [0, 0.1) is 27.7 Å². The van der Waals surface area contributed by atoms with Crippen LogP contribution < -0.4 is 5.32 Å². The normalized spacial score (nSPS) is 12.6. The second kappa shape index (κ2) is 7.14. The summed E-state index contributed by atoms with van der Waals surface area (Å²) in [5, 5.41) is 4.33. The maximum absolute atomic E-state index is 5.43. The molecule has 1 N–H and O–H groups in total. The number of aryl methyl sites for hydroxylation is 4. The van der Waals surface area contributed by atoms with E-state index in [-0.39, 0.29) is 0 Å². The molecule has 0 saturated carbocycles. The van der Waals surface area contributed by atoms with Crippen molar-refractivity contribution in [1.29, 1.82) is 0 Å². The summed E-state index contributed by atoms with van der Waals surface area (Å²) in [5.41, 5.74) is 6.35. The lowest BCUT2D eigenvalue weighted by Gasteiger charge is -2.22. The van der Waals surface area contributed by atoms with Crippen LogP contribution in [0.5, 0.6) is 0 Å². The highest BCUT2D eigenvalue weighted by Gasteiger charge is 2.17. The lowest BCUT2D eigenvalue weighted by molar-refractivity contribution is 0.453. The van der Waals surface area contributed by atoms with E-state index in [0.717, 1.165) is 23.2 Å². The first-order valence-corrected chi connectivity index (χ1v) is 8.36. The first-order chi connectivity index (χ1) is 10.0. The molecular weight excluding hydrogens is 280 g/mol. The summed E-state index contributed by atoms with van der Waals surface area (Å²) in [6, 6.07) is 4.83. The van der Waals surface area contributed by atoms with E-state index in [0.29, 0.717) is 6.04 Å². The van der Waals surface area contributed by atoms with Gasteiger partial charge in [0.15, 0.2) is 0 Å². The molecule has 0 radical (unpaired) electrons. The number of hydrogen-bond acceptors (Lipinski definition) is 4. The van der Waals surface area contributed by atoms with Gasteiger partial charge in [0, 0.05) is 11.8 Å². The molecule has 0 saturated heterocycles. The Morgan fingerprint density at radius 3 is 2.38 bits per heavy atom. The van der Waals surface area contributed by atoms with Crippen LogP contribution in [0.15, 0.2) is 28.0 Å². The number of hydrogen-bond donors (Lipinski definition) is 1. The third-order valence-electron chi connectivity index (χ3n) is 3.51. The number of thioether (sulfide) groups is 1. The number of benzene rings is 1. The second-order valence-electron chi connectivity index (χ2n) is 5.49. The second-order valence-corrected chi connectivity index (χ2v) is 6.46. The molecule has 0 bridgehead atoms. The molecule has 0 fully saturated rings. The molecule has 1 unspecified atom stereocenters. The Bertz CT molecular complexity index is 584. The average molecular weight is 304 g/mol. The molecule has 21 heavy (non-hydrogen) atoms. The number of rotatable bonds is 6. The summed E-state index contributed by atoms with van der Waals surface area (Å²) in [6.07, 6.45) is 1.70. The Kier molecular flexibility index (Phi) is 5.48. The molecule has 1 aromatic carbocycles. The molecule has 0 spiro atoms. The molecule has 0 amide bonds. The zero-order valence-corrected chi connectivity index (χ0v) is 14.3. The summed E-state index contributed by atoms with van der Waals surface area (Å²) >= 11 is 1.67. The van der Waals surface area contributed by atoms with Crippen molar-refractivity contribution in [2.24, 2.45) is 0 Å². The predicted molar refractivity (Wildman–Crippen MR) is 89.0 cm³/mol. The van der Waals surface area contributed by atoms with E-state index in [1.807, 2.05) is 6.92 Å². The highest BCUT2D eigenvalue weighted by atomic mass is 32.2. The minimum absolute atomic E-state index is 0.313. The molecule has 0 aliphatic heterocycles. The number of nitrogens with zero attached hydrogens (tertiary/aromatic N) is 1. The van der Waals surface area contributed by atoms with Crippen molar-refractivity contribution in [1.82, 2.24) is 10.3 Å². The van der Waals surface area contributed by atoms with Gasteiger partial charge in [-0.1, -0.05) is 36.4 Å². The number of aromatic nitrogens is 1. The van der Waals surface area contributed by atoms with E-state index in [1.54, 1.807) is 18.0 Å². The first kappa shape index (κ1) is 16.1. The topological polar surface area (TPSA) is 38.1 Å². The van der Waals surface area contributed by atoms with Gasteiger partial charge in [-0.3, -0.25) is 0 Å². The molecule has 114 valence electrons. The molecule has 2 aromatic rings. The van der Waals surface area contributed by atoms with Crippen LogP contribution in [0.2, 0.25) is 0 Å². The fourth-order valence-electron chi connectivity index (χ4n) is 2.78. The van der Waals surface area contributed by atoms with E-state index < -0.39 is 0 Å². The summed E-state index contributed by atoms with van der Waals surface area (Å²) in [6.45, 7) is 11.6. The molecule has 2 rings (SSSR count). The molecular formula is C17H24N2OS. The van der Waals surface area contributed by atoms with E-state index in [1.165, 1.54) is 22.3 Å². The van der Waals surface area contributed by atoms with Crippen LogP contribution in [-0.2, 0) is 0 Å². The zero-order valence-electron chi connectivity index (χ0n) is 13.5. The maximum Gasteiger partial charge on any atom is 0.255 e. The quantitative estimate of drug-likeness (QED) is 0.805. The van der Waals surface area contributed by atoms with E-state index in [2.05, 4.69) is 50.1 Å². The molecule has 1 aromatic heterocycles. The van der Waals surface area contributed by atoms with Crippen molar-refractivity contribution in [2.45, 2.75) is 45.9 Å². The Morgan fingerprint density at radius 1 is 1.19 bits per heavy atom. The molecule has 1 heterocycles. The Balaban J connectivity index is 2.18. The Morgan fingerprint density at radius 2 is 1.86 bits per heavy atom. The van der Waals surface area contributed by atoms with Crippen molar-refractivity contribution < 1.29 is 4.42 Å². The van der Waals surface area contributed by atoms with E-state index in [9.17, 15) is 0 Å². The van der Waals surface area contributed by atoms with Crippen LogP contribution in [0.4, 0.5) is 0 Å². The minimum Gasteiger partial charge on any atom is -0.440 e. The third kappa shape index (κ3) is 4.11. The van der Waals surface area contributed by atoms with Crippen molar-refractivity contribution in [3.8, 4) is 0 Å². The van der Waals surface area contributed by atoms with Gasteiger partial charge in [-0.05, 0) is 50.9 Å². The summed E-state index contributed by atoms with van der Waals surface area (Å²) in [7, 11) is 0. The lowest BCUT2D eigenvalue weighted by Crippen LogP contribution is -2.24. The fraction of sp³-hybridized carbons (Fsp3) is 0.471. The Labute approximate surface area is 131 Å². The van der Waals surface area contributed by atoms with Gasteiger partial charge in [-0.15, -0.1) is 0 Å². The standard InChI is InChI=1S/C17H24N2OS/c1-6-18-15(10-21-17-19-14(5)9-20-17)16-12(3)7-11(2)8-13(16)4/h7-9,15,18H,6,10H2,1-5H3. The van der Waals surface area contributed by atoms with Crippen LogP contribution >= 0.6 is 11.8 Å².